The maximum atomic E-state index is 4.26. The van der Waals surface area contributed by atoms with Crippen molar-refractivity contribution in [2.24, 2.45) is 10.2 Å². The van der Waals surface area contributed by atoms with Crippen LogP contribution in [0.4, 0.5) is 0 Å². The fourth-order valence-electron chi connectivity index (χ4n) is 2.64. The third kappa shape index (κ3) is 4.62. The fraction of sp³-hybridized carbons (Fsp3) is 0.333. The van der Waals surface area contributed by atoms with E-state index < -0.39 is 0 Å². The van der Waals surface area contributed by atoms with Crippen molar-refractivity contribution in [2.75, 3.05) is 0 Å². The van der Waals surface area contributed by atoms with Crippen LogP contribution in [0.3, 0.4) is 0 Å². The second-order valence-electron chi connectivity index (χ2n) is 7.11. The molecule has 2 nitrogen and oxygen atoms in total. The highest BCUT2D eigenvalue weighted by Crippen LogP contribution is 2.24. The van der Waals surface area contributed by atoms with E-state index in [0.29, 0.717) is 5.92 Å². The van der Waals surface area contributed by atoms with Crippen molar-refractivity contribution < 1.29 is 0 Å². The minimum absolute atomic E-state index is 0.0938. The highest BCUT2D eigenvalue weighted by atomic mass is 15.2. The number of hydrogen-bond acceptors (Lipinski definition) is 2. The number of rotatable bonds is 4. The maximum Gasteiger partial charge on any atom is 0.0571 e. The van der Waals surface area contributed by atoms with E-state index in [1.165, 1.54) is 11.1 Å². The first-order valence-electron chi connectivity index (χ1n) is 8.14. The van der Waals surface area contributed by atoms with Crippen LogP contribution in [0.5, 0.6) is 0 Å². The average molecular weight is 306 g/mol. The normalized spacial score (nSPS) is 12.6. The summed E-state index contributed by atoms with van der Waals surface area (Å²) in [6.45, 7) is 11.0. The van der Waals surface area contributed by atoms with Crippen LogP contribution >= 0.6 is 0 Å². The summed E-state index contributed by atoms with van der Waals surface area (Å²) in [5.74, 6) is 0.475. The Balaban J connectivity index is 2.21. The molecular weight excluding hydrogens is 280 g/mol. The first kappa shape index (κ1) is 17.1. The van der Waals surface area contributed by atoms with Gasteiger partial charge in [-0.25, -0.2) is 0 Å². The van der Waals surface area contributed by atoms with E-state index in [1.807, 2.05) is 24.6 Å². The Morgan fingerprint density at radius 2 is 1.30 bits per heavy atom. The van der Waals surface area contributed by atoms with Gasteiger partial charge in [-0.1, -0.05) is 83.1 Å². The molecule has 0 aromatic heterocycles. The predicted octanol–water partition coefficient (Wildman–Crippen LogP) is 5.56. The topological polar surface area (TPSA) is 24.7 Å². The van der Waals surface area contributed by atoms with Gasteiger partial charge in [0.25, 0.3) is 0 Å². The molecule has 0 fully saturated rings. The molecule has 0 aliphatic carbocycles. The zero-order valence-corrected chi connectivity index (χ0v) is 14.7. The molecule has 0 bridgehead atoms. The molecule has 2 heteroatoms. The largest absolute Gasteiger partial charge is 0.159 e. The Morgan fingerprint density at radius 1 is 0.783 bits per heavy atom. The maximum absolute atomic E-state index is 4.26. The molecule has 0 atom stereocenters. The molecule has 2 aromatic rings. The summed E-state index contributed by atoms with van der Waals surface area (Å²) in [6, 6.07) is 16.7. The predicted molar refractivity (Wildman–Crippen MR) is 101 cm³/mol. The van der Waals surface area contributed by atoms with Crippen LogP contribution in [0.2, 0.25) is 0 Å². The molecule has 2 aromatic carbocycles. The van der Waals surface area contributed by atoms with Crippen molar-refractivity contribution >= 4 is 12.4 Å². The van der Waals surface area contributed by atoms with E-state index >= 15 is 0 Å². The van der Waals surface area contributed by atoms with Crippen molar-refractivity contribution in [1.82, 2.24) is 0 Å². The summed E-state index contributed by atoms with van der Waals surface area (Å²) < 4.78 is 0. The van der Waals surface area contributed by atoms with Gasteiger partial charge >= 0.3 is 0 Å². The summed E-state index contributed by atoms with van der Waals surface area (Å²) in [5, 5.41) is 8.50. The number of nitrogens with zero attached hydrogens (tertiary/aromatic N) is 2. The molecule has 0 radical (unpaired) electrons. The first-order chi connectivity index (χ1) is 10.9. The summed E-state index contributed by atoms with van der Waals surface area (Å²) in [7, 11) is 0. The third-order valence-electron chi connectivity index (χ3n) is 3.85. The van der Waals surface area contributed by atoms with Crippen molar-refractivity contribution in [3.05, 3.63) is 70.8 Å². The zero-order chi connectivity index (χ0) is 16.9. The molecular formula is C21H26N2. The SMILES string of the molecule is CC(C)c1ccccc1/C=N/N=C/c1ccccc1C(C)(C)C. The molecule has 2 rings (SSSR count). The van der Waals surface area contributed by atoms with E-state index in [4.69, 9.17) is 0 Å². The fourth-order valence-corrected chi connectivity index (χ4v) is 2.64. The van der Waals surface area contributed by atoms with E-state index in [9.17, 15) is 0 Å². The van der Waals surface area contributed by atoms with Crippen LogP contribution in [0, 0.1) is 0 Å². The van der Waals surface area contributed by atoms with E-state index in [1.54, 1.807) is 0 Å². The number of benzene rings is 2. The Kier molecular flexibility index (Phi) is 5.49. The minimum atomic E-state index is 0.0938. The molecule has 0 saturated heterocycles. The van der Waals surface area contributed by atoms with Gasteiger partial charge in [0.1, 0.15) is 0 Å². The lowest BCUT2D eigenvalue weighted by atomic mass is 9.84. The lowest BCUT2D eigenvalue weighted by Crippen LogP contribution is -2.13. The third-order valence-corrected chi connectivity index (χ3v) is 3.85. The summed E-state index contributed by atoms with van der Waals surface area (Å²) in [6.07, 6.45) is 3.68. The quantitative estimate of drug-likeness (QED) is 0.522. The highest BCUT2D eigenvalue weighted by molar-refractivity contribution is 5.85. The van der Waals surface area contributed by atoms with Crippen LogP contribution in [0.15, 0.2) is 58.7 Å². The van der Waals surface area contributed by atoms with Crippen molar-refractivity contribution in [3.63, 3.8) is 0 Å². The Bertz CT molecular complexity index is 704. The van der Waals surface area contributed by atoms with Crippen molar-refractivity contribution in [3.8, 4) is 0 Å². The molecule has 0 aliphatic rings. The van der Waals surface area contributed by atoms with Gasteiger partial charge in [-0.15, -0.1) is 0 Å². The highest BCUT2D eigenvalue weighted by Gasteiger charge is 2.16. The second-order valence-corrected chi connectivity index (χ2v) is 7.11. The van der Waals surface area contributed by atoms with E-state index in [2.05, 4.69) is 81.2 Å². The van der Waals surface area contributed by atoms with Crippen molar-refractivity contribution in [1.29, 1.82) is 0 Å². The van der Waals surface area contributed by atoms with E-state index in [0.717, 1.165) is 11.1 Å². The standard InChI is InChI=1S/C21H26N2/c1-16(2)19-12-8-6-10-17(19)14-22-23-15-18-11-7-9-13-20(18)21(3,4)5/h6-16H,1-5H3/b22-14+,23-15+. The van der Waals surface area contributed by atoms with E-state index in [-0.39, 0.29) is 5.41 Å². The van der Waals surface area contributed by atoms with Gasteiger partial charge in [0.2, 0.25) is 0 Å². The second kappa shape index (κ2) is 7.36. The molecule has 0 saturated carbocycles. The zero-order valence-electron chi connectivity index (χ0n) is 14.7. The van der Waals surface area contributed by atoms with Crippen LogP contribution < -0.4 is 0 Å². The summed E-state index contributed by atoms with van der Waals surface area (Å²) in [4.78, 5) is 0. The van der Waals surface area contributed by atoms with Gasteiger partial charge in [-0.05, 0) is 33.6 Å². The van der Waals surface area contributed by atoms with Crippen LogP contribution in [-0.4, -0.2) is 12.4 Å². The van der Waals surface area contributed by atoms with Crippen molar-refractivity contribution in [2.45, 2.75) is 46.0 Å². The van der Waals surface area contributed by atoms with Crippen LogP contribution in [0.1, 0.15) is 62.8 Å². The Hall–Kier alpha value is -2.22. The Morgan fingerprint density at radius 3 is 1.91 bits per heavy atom. The lowest BCUT2D eigenvalue weighted by Gasteiger charge is -2.21. The molecule has 0 unspecified atom stereocenters. The molecule has 0 aliphatic heterocycles. The Labute approximate surface area is 140 Å². The smallest absolute Gasteiger partial charge is 0.0571 e. The molecule has 0 amide bonds. The monoisotopic (exact) mass is 306 g/mol. The summed E-state index contributed by atoms with van der Waals surface area (Å²) >= 11 is 0. The van der Waals surface area contributed by atoms with Gasteiger partial charge in [-0.2, -0.15) is 10.2 Å². The minimum Gasteiger partial charge on any atom is -0.159 e. The van der Waals surface area contributed by atoms with Gasteiger partial charge in [0.05, 0.1) is 12.4 Å². The molecule has 0 N–H and O–H groups in total. The van der Waals surface area contributed by atoms with Crippen LogP contribution in [-0.2, 0) is 5.41 Å². The lowest BCUT2D eigenvalue weighted by molar-refractivity contribution is 0.589. The molecule has 23 heavy (non-hydrogen) atoms. The van der Waals surface area contributed by atoms with Gasteiger partial charge in [0, 0.05) is 0 Å². The average Bonchev–Trinajstić information content (AvgIpc) is 2.51. The molecule has 120 valence electrons. The van der Waals surface area contributed by atoms with Crippen LogP contribution in [0.25, 0.3) is 0 Å². The van der Waals surface area contributed by atoms with Gasteiger partial charge in [-0.3, -0.25) is 0 Å². The molecule has 0 spiro atoms. The van der Waals surface area contributed by atoms with Gasteiger partial charge < -0.3 is 0 Å². The first-order valence-corrected chi connectivity index (χ1v) is 8.14. The van der Waals surface area contributed by atoms with Gasteiger partial charge in [0.15, 0.2) is 0 Å². The number of hydrogen-bond donors (Lipinski definition) is 0. The summed E-state index contributed by atoms with van der Waals surface area (Å²) in [5.41, 5.74) is 4.91. The molecule has 0 heterocycles.